The second-order valence-electron chi connectivity index (χ2n) is 12.6. The van der Waals surface area contributed by atoms with Gasteiger partial charge in [0, 0.05) is 63.2 Å². The molecule has 0 amide bonds. The Labute approximate surface area is 337 Å². The van der Waals surface area contributed by atoms with E-state index in [0.717, 1.165) is 22.5 Å². The summed E-state index contributed by atoms with van der Waals surface area (Å²) in [4.78, 5) is 22.4. The summed E-state index contributed by atoms with van der Waals surface area (Å²) in [6, 6.07) is 43.5. The Bertz CT molecular complexity index is 2750. The Kier molecular flexibility index (Phi) is 9.08. The molecule has 8 heterocycles. The number of nitrogens with zero attached hydrogens (tertiary/aromatic N) is 2. The second kappa shape index (κ2) is 14.6. The lowest BCUT2D eigenvalue weighted by atomic mass is 10.1. The molecule has 10 rings (SSSR count). The third kappa shape index (κ3) is 6.55. The van der Waals surface area contributed by atoms with Gasteiger partial charge >= 0.3 is 0 Å². The molecule has 54 heavy (non-hydrogen) atoms. The molecule has 8 aromatic heterocycles. The first-order valence-corrected chi connectivity index (χ1v) is 22.4. The quantitative estimate of drug-likeness (QED) is 0.145. The number of benzene rings is 2. The van der Waals surface area contributed by atoms with Crippen LogP contribution in [0.4, 0.5) is 0 Å². The third-order valence-electron chi connectivity index (χ3n) is 9.14. The van der Waals surface area contributed by atoms with Crippen LogP contribution in [0.2, 0.25) is 0 Å². The average Bonchev–Trinajstić information content (AvgIpc) is 4.07. The second-order valence-corrected chi connectivity index (χ2v) is 18.8. The van der Waals surface area contributed by atoms with E-state index in [2.05, 4.69) is 144 Å². The fraction of sp³-hybridized carbons (Fsp3) is 0. The van der Waals surface area contributed by atoms with Crippen LogP contribution in [-0.2, 0) is 0 Å². The van der Waals surface area contributed by atoms with Crippen molar-refractivity contribution in [2.45, 2.75) is 0 Å². The summed E-state index contributed by atoms with van der Waals surface area (Å²) in [5.41, 5.74) is 3.90. The molecule has 2 nitrogen and oxygen atoms in total. The minimum absolute atomic E-state index is 0.856. The smallest absolute Gasteiger partial charge is 0.0892 e. The monoisotopic (exact) mass is 800 g/mol. The minimum Gasteiger partial charge on any atom is -0.255 e. The van der Waals surface area contributed by atoms with Gasteiger partial charge in [0.25, 0.3) is 0 Å². The van der Waals surface area contributed by atoms with E-state index in [1.165, 1.54) is 70.3 Å². The van der Waals surface area contributed by atoms with Gasteiger partial charge in [0.15, 0.2) is 0 Å². The van der Waals surface area contributed by atoms with Crippen LogP contribution < -0.4 is 0 Å². The highest BCUT2D eigenvalue weighted by Gasteiger charge is 2.17. The topological polar surface area (TPSA) is 25.8 Å². The van der Waals surface area contributed by atoms with Crippen LogP contribution in [0.1, 0.15) is 20.9 Å². The van der Waals surface area contributed by atoms with E-state index in [1.54, 1.807) is 22.7 Å². The molecule has 2 aromatic carbocycles. The van der Waals surface area contributed by atoms with Crippen LogP contribution in [0.5, 0.6) is 0 Å². The van der Waals surface area contributed by atoms with Gasteiger partial charge in [-0.25, -0.2) is 0 Å². The molecule has 0 spiro atoms. The van der Waals surface area contributed by atoms with Gasteiger partial charge in [0.05, 0.1) is 30.9 Å². The van der Waals surface area contributed by atoms with Gasteiger partial charge in [-0.15, -0.1) is 68.0 Å². The lowest BCUT2D eigenvalue weighted by molar-refractivity contribution is 1.24. The normalized spacial score (nSPS) is 11.9. The number of hydrogen-bond acceptors (Lipinski definition) is 8. The highest BCUT2D eigenvalue weighted by molar-refractivity contribution is 7.28. The van der Waals surface area contributed by atoms with Gasteiger partial charge in [-0.1, -0.05) is 72.8 Å². The molecule has 258 valence electrons. The van der Waals surface area contributed by atoms with Crippen LogP contribution >= 0.6 is 68.0 Å². The van der Waals surface area contributed by atoms with E-state index in [9.17, 15) is 0 Å². The van der Waals surface area contributed by atoms with E-state index in [1.807, 2.05) is 69.9 Å². The Morgan fingerprint density at radius 1 is 0.370 bits per heavy atom. The summed E-state index contributed by atoms with van der Waals surface area (Å²) in [6.07, 6.45) is 12.5. The van der Waals surface area contributed by atoms with E-state index in [-0.39, 0.29) is 0 Å². The molecular weight excluding hydrogens is 773 g/mol. The molecule has 0 radical (unpaired) electrons. The van der Waals surface area contributed by atoms with Crippen molar-refractivity contribution in [3.05, 3.63) is 165 Å². The SMILES string of the molecule is C(=C\c1ccc(-c2sc(-c3cccs3)c3ccccc23)s1)/c1ccnc(-c2cc(/C=C/c3ccc(-c4sc(-c5cccs5)c5ccccc45)s3)ccn2)c1. The highest BCUT2D eigenvalue weighted by Crippen LogP contribution is 2.48. The maximum atomic E-state index is 4.69. The van der Waals surface area contributed by atoms with Crippen LogP contribution in [-0.4, -0.2) is 9.97 Å². The Morgan fingerprint density at radius 3 is 1.20 bits per heavy atom. The van der Waals surface area contributed by atoms with E-state index in [0.29, 0.717) is 0 Å². The number of aromatic nitrogens is 2. The zero-order valence-electron chi connectivity index (χ0n) is 28.5. The molecule has 0 unspecified atom stereocenters. The summed E-state index contributed by atoms with van der Waals surface area (Å²) in [5, 5.41) is 9.61. The van der Waals surface area contributed by atoms with E-state index >= 15 is 0 Å². The average molecular weight is 801 g/mol. The first kappa shape index (κ1) is 33.5. The number of pyridine rings is 2. The van der Waals surface area contributed by atoms with Gasteiger partial charge in [-0.3, -0.25) is 9.97 Å². The summed E-state index contributed by atoms with van der Waals surface area (Å²) in [5.74, 6) is 0. The standard InChI is InChI=1S/C46H28N2S6/c1-3-9-35-33(7-1)43(39-11-5-25-49-39)53-45(35)41-19-17-31(51-41)15-13-29-21-23-47-37(27-29)38-28-30(22-24-48-38)14-16-32-18-20-42(52-32)46-36-10-4-2-8-34(36)44(54-46)40-12-6-26-50-40/h1-28H/b15-13+,16-14+. The fourth-order valence-corrected chi connectivity index (χ4v) is 13.0. The van der Waals surface area contributed by atoms with Crippen LogP contribution in [0, 0.1) is 0 Å². The number of rotatable bonds is 9. The molecule has 0 aliphatic heterocycles. The molecule has 0 fully saturated rings. The largest absolute Gasteiger partial charge is 0.255 e. The van der Waals surface area contributed by atoms with Crippen molar-refractivity contribution in [2.75, 3.05) is 0 Å². The van der Waals surface area contributed by atoms with Gasteiger partial charge in [-0.05, 0) is 94.7 Å². The van der Waals surface area contributed by atoms with Gasteiger partial charge in [-0.2, -0.15) is 0 Å². The molecule has 0 aliphatic rings. The first-order valence-electron chi connectivity index (χ1n) is 17.3. The Balaban J connectivity index is 0.864. The molecule has 0 aliphatic carbocycles. The maximum Gasteiger partial charge on any atom is 0.0892 e. The van der Waals surface area contributed by atoms with Crippen molar-refractivity contribution in [3.8, 4) is 50.4 Å². The first-order chi connectivity index (χ1) is 26.7. The molecular formula is C46H28N2S6. The third-order valence-corrected chi connectivity index (χ3v) is 16.1. The van der Waals surface area contributed by atoms with Gasteiger partial charge in [0.2, 0.25) is 0 Å². The van der Waals surface area contributed by atoms with Crippen molar-refractivity contribution in [1.29, 1.82) is 0 Å². The van der Waals surface area contributed by atoms with E-state index < -0.39 is 0 Å². The molecule has 0 N–H and O–H groups in total. The maximum absolute atomic E-state index is 4.69. The molecule has 8 heteroatoms. The molecule has 0 bridgehead atoms. The highest BCUT2D eigenvalue weighted by atomic mass is 32.1. The van der Waals surface area contributed by atoms with Crippen LogP contribution in [0.3, 0.4) is 0 Å². The number of fused-ring (bicyclic) bond motifs is 2. The van der Waals surface area contributed by atoms with Crippen molar-refractivity contribution >= 4 is 114 Å². The van der Waals surface area contributed by atoms with Gasteiger partial charge in [0.1, 0.15) is 0 Å². The summed E-state index contributed by atoms with van der Waals surface area (Å²) in [7, 11) is 0. The van der Waals surface area contributed by atoms with Crippen LogP contribution in [0.15, 0.2) is 144 Å². The molecule has 0 saturated heterocycles. The zero-order valence-corrected chi connectivity index (χ0v) is 33.4. The number of hydrogen-bond donors (Lipinski definition) is 0. The molecule has 0 saturated carbocycles. The van der Waals surface area contributed by atoms with Crippen LogP contribution in [0.25, 0.3) is 96.3 Å². The predicted molar refractivity (Wildman–Crippen MR) is 242 cm³/mol. The lowest BCUT2D eigenvalue weighted by Gasteiger charge is -2.03. The fourth-order valence-electron chi connectivity index (χ4n) is 6.60. The Morgan fingerprint density at radius 2 is 0.796 bits per heavy atom. The molecule has 0 atom stereocenters. The van der Waals surface area contributed by atoms with Crippen molar-refractivity contribution in [1.82, 2.24) is 9.97 Å². The minimum atomic E-state index is 0.856. The van der Waals surface area contributed by atoms with Crippen molar-refractivity contribution in [2.24, 2.45) is 0 Å². The summed E-state index contributed by atoms with van der Waals surface area (Å²) in [6.45, 7) is 0. The van der Waals surface area contributed by atoms with Gasteiger partial charge < -0.3 is 0 Å². The van der Waals surface area contributed by atoms with Crippen molar-refractivity contribution < 1.29 is 0 Å². The Hall–Kier alpha value is -5.06. The summed E-state index contributed by atoms with van der Waals surface area (Å²) < 4.78 is 0. The molecule has 10 aromatic rings. The lowest BCUT2D eigenvalue weighted by Crippen LogP contribution is -1.88. The summed E-state index contributed by atoms with van der Waals surface area (Å²) >= 11 is 11.1. The van der Waals surface area contributed by atoms with E-state index in [4.69, 9.17) is 9.97 Å². The van der Waals surface area contributed by atoms with Crippen molar-refractivity contribution in [3.63, 3.8) is 0 Å². The predicted octanol–water partition coefficient (Wildman–Crippen LogP) is 15.8. The zero-order chi connectivity index (χ0) is 35.8. The number of thiophene rings is 6.